The van der Waals surface area contributed by atoms with Crippen LogP contribution in [0.3, 0.4) is 0 Å². The van der Waals surface area contributed by atoms with Crippen molar-refractivity contribution in [1.82, 2.24) is 9.88 Å². The number of thiophene rings is 1. The number of carbonyl (C=O) groups excluding carboxylic acids is 2. The minimum absolute atomic E-state index is 0.175. The number of aromatic nitrogens is 1. The predicted octanol–water partition coefficient (Wildman–Crippen LogP) is 3.71. The second kappa shape index (κ2) is 8.16. The van der Waals surface area contributed by atoms with Crippen LogP contribution in [0.25, 0.3) is 0 Å². The van der Waals surface area contributed by atoms with Crippen molar-refractivity contribution in [2.75, 3.05) is 26.6 Å². The summed E-state index contributed by atoms with van der Waals surface area (Å²) in [6.45, 7) is 0. The average molecular weight is 423 g/mol. The number of fused-ring (bicyclic) bond motifs is 1. The van der Waals surface area contributed by atoms with Crippen LogP contribution >= 0.6 is 11.3 Å². The minimum atomic E-state index is -0.650. The van der Waals surface area contributed by atoms with Crippen molar-refractivity contribution < 1.29 is 19.1 Å². The predicted molar refractivity (Wildman–Crippen MR) is 114 cm³/mol. The zero-order valence-electron chi connectivity index (χ0n) is 16.8. The van der Waals surface area contributed by atoms with Gasteiger partial charge in [0.15, 0.2) is 11.5 Å². The van der Waals surface area contributed by atoms with Crippen LogP contribution in [-0.4, -0.2) is 43.0 Å². The van der Waals surface area contributed by atoms with Crippen molar-refractivity contribution in [3.63, 3.8) is 0 Å². The number of nitrogens with one attached hydrogen (secondary N) is 1. The van der Waals surface area contributed by atoms with Crippen molar-refractivity contribution >= 4 is 29.0 Å². The molecule has 0 saturated heterocycles. The third-order valence-electron chi connectivity index (χ3n) is 5.21. The van der Waals surface area contributed by atoms with Crippen molar-refractivity contribution in [3.8, 4) is 11.5 Å². The van der Waals surface area contributed by atoms with Crippen LogP contribution in [0.4, 0.5) is 5.82 Å². The lowest BCUT2D eigenvalue weighted by Gasteiger charge is -2.39. The molecule has 8 heteroatoms. The summed E-state index contributed by atoms with van der Waals surface area (Å²) in [4.78, 5) is 33.4. The highest BCUT2D eigenvalue weighted by atomic mass is 32.1. The highest BCUT2D eigenvalue weighted by Crippen LogP contribution is 2.46. The standard InChI is InChI=1S/C22H21N3O4S/c1-25-20(17-7-6-10-30-17)19(21(26)24-18-8-4-5-9-23-18)13-11-15(28-2)16(29-3)12-14(13)22(25)27/h4-12,19-20H,1-3H3,(H,23,24,26)/t19-,20-/m0/s1. The molecule has 3 aromatic rings. The molecule has 0 bridgehead atoms. The number of ether oxygens (including phenoxy) is 2. The summed E-state index contributed by atoms with van der Waals surface area (Å²) < 4.78 is 10.8. The van der Waals surface area contributed by atoms with E-state index >= 15 is 0 Å². The Morgan fingerprint density at radius 2 is 1.90 bits per heavy atom. The second-order valence-electron chi connectivity index (χ2n) is 6.85. The Morgan fingerprint density at radius 3 is 2.53 bits per heavy atom. The zero-order chi connectivity index (χ0) is 21.3. The maximum atomic E-state index is 13.5. The third-order valence-corrected chi connectivity index (χ3v) is 6.15. The van der Waals surface area contributed by atoms with Crippen LogP contribution in [0.15, 0.2) is 54.0 Å². The highest BCUT2D eigenvalue weighted by Gasteiger charge is 2.44. The number of pyridine rings is 1. The Hall–Kier alpha value is -3.39. The quantitative estimate of drug-likeness (QED) is 0.677. The molecule has 2 amide bonds. The lowest BCUT2D eigenvalue weighted by Crippen LogP contribution is -2.43. The molecule has 1 aliphatic rings. The number of likely N-dealkylation sites (N-methyl/N-ethyl adjacent to an activating group) is 1. The van der Waals surface area contributed by atoms with Crippen LogP contribution in [-0.2, 0) is 4.79 Å². The normalized spacial score (nSPS) is 18.0. The molecule has 1 aliphatic heterocycles. The smallest absolute Gasteiger partial charge is 0.254 e. The molecule has 154 valence electrons. The van der Waals surface area contributed by atoms with E-state index in [1.165, 1.54) is 25.6 Å². The maximum Gasteiger partial charge on any atom is 0.254 e. The number of amides is 2. The fourth-order valence-corrected chi connectivity index (χ4v) is 4.69. The molecular formula is C22H21N3O4S. The van der Waals surface area contributed by atoms with Crippen LogP contribution in [0.5, 0.6) is 11.5 Å². The van der Waals surface area contributed by atoms with Gasteiger partial charge in [-0.1, -0.05) is 12.1 Å². The first-order chi connectivity index (χ1) is 14.5. The van der Waals surface area contributed by atoms with Crippen molar-refractivity contribution in [2.45, 2.75) is 12.0 Å². The topological polar surface area (TPSA) is 80.8 Å². The van der Waals surface area contributed by atoms with Gasteiger partial charge < -0.3 is 19.7 Å². The first-order valence-corrected chi connectivity index (χ1v) is 10.2. The third kappa shape index (κ3) is 3.39. The molecule has 7 nitrogen and oxygen atoms in total. The number of hydrogen-bond donors (Lipinski definition) is 1. The fraction of sp³-hybridized carbons (Fsp3) is 0.227. The number of carbonyl (C=O) groups is 2. The Bertz CT molecular complexity index is 1070. The lowest BCUT2D eigenvalue weighted by molar-refractivity contribution is -0.119. The van der Waals surface area contributed by atoms with Crippen LogP contribution in [0.1, 0.15) is 32.8 Å². The molecule has 0 fully saturated rings. The van der Waals surface area contributed by atoms with E-state index in [0.29, 0.717) is 28.4 Å². The number of anilines is 1. The number of benzene rings is 1. The molecule has 1 N–H and O–H groups in total. The minimum Gasteiger partial charge on any atom is -0.493 e. The van der Waals surface area contributed by atoms with E-state index in [-0.39, 0.29) is 11.8 Å². The summed E-state index contributed by atoms with van der Waals surface area (Å²) in [5.41, 5.74) is 1.02. The summed E-state index contributed by atoms with van der Waals surface area (Å²) in [6, 6.07) is 12.1. The Kier molecular flexibility index (Phi) is 5.41. The van der Waals surface area contributed by atoms with Gasteiger partial charge in [-0.2, -0.15) is 0 Å². The molecule has 0 saturated carbocycles. The highest BCUT2D eigenvalue weighted by molar-refractivity contribution is 7.10. The van der Waals surface area contributed by atoms with Crippen molar-refractivity contribution in [3.05, 3.63) is 70.0 Å². The number of nitrogens with zero attached hydrogens (tertiary/aromatic N) is 2. The summed E-state index contributed by atoms with van der Waals surface area (Å²) in [6.07, 6.45) is 1.62. The molecule has 1 aromatic carbocycles. The van der Waals surface area contributed by atoms with E-state index in [9.17, 15) is 9.59 Å². The van der Waals surface area contributed by atoms with Crippen LogP contribution in [0, 0.1) is 0 Å². The molecule has 2 aromatic heterocycles. The van der Waals surface area contributed by atoms with E-state index in [0.717, 1.165) is 4.88 Å². The van der Waals surface area contributed by atoms with Crippen molar-refractivity contribution in [1.29, 1.82) is 0 Å². The second-order valence-corrected chi connectivity index (χ2v) is 7.83. The van der Waals surface area contributed by atoms with Gasteiger partial charge in [0.2, 0.25) is 5.91 Å². The zero-order valence-corrected chi connectivity index (χ0v) is 17.6. The van der Waals surface area contributed by atoms with Gasteiger partial charge in [0.1, 0.15) is 5.82 Å². The first kappa shape index (κ1) is 19.9. The van der Waals surface area contributed by atoms with Gasteiger partial charge in [0, 0.05) is 23.7 Å². The van der Waals surface area contributed by atoms with E-state index in [4.69, 9.17) is 9.47 Å². The molecule has 30 heavy (non-hydrogen) atoms. The molecule has 2 atom stereocenters. The SMILES string of the molecule is COc1cc2c(cc1OC)[C@H](C(=O)Nc1ccccn1)[C@H](c1cccs1)N(C)C2=O. The molecule has 0 aliphatic carbocycles. The maximum absolute atomic E-state index is 13.5. The summed E-state index contributed by atoms with van der Waals surface area (Å²) >= 11 is 1.51. The van der Waals surface area contributed by atoms with Gasteiger partial charge in [-0.3, -0.25) is 9.59 Å². The fourth-order valence-electron chi connectivity index (χ4n) is 3.79. The average Bonchev–Trinajstić information content (AvgIpc) is 3.30. The van der Waals surface area contributed by atoms with Gasteiger partial charge in [0.05, 0.1) is 26.2 Å². The van der Waals surface area contributed by atoms with Gasteiger partial charge in [-0.15, -0.1) is 11.3 Å². The number of methoxy groups -OCH3 is 2. The molecule has 3 heterocycles. The van der Waals surface area contributed by atoms with E-state index < -0.39 is 12.0 Å². The Labute approximate surface area is 178 Å². The van der Waals surface area contributed by atoms with Gasteiger partial charge in [-0.25, -0.2) is 4.98 Å². The molecule has 0 radical (unpaired) electrons. The lowest BCUT2D eigenvalue weighted by atomic mass is 9.81. The largest absolute Gasteiger partial charge is 0.493 e. The molecule has 0 unspecified atom stereocenters. The van der Waals surface area contributed by atoms with Crippen LogP contribution < -0.4 is 14.8 Å². The van der Waals surface area contributed by atoms with Gasteiger partial charge >= 0.3 is 0 Å². The number of hydrogen-bond acceptors (Lipinski definition) is 6. The summed E-state index contributed by atoms with van der Waals surface area (Å²) in [5, 5.41) is 4.83. The van der Waals surface area contributed by atoms with Gasteiger partial charge in [-0.05, 0) is 41.3 Å². The van der Waals surface area contributed by atoms with Crippen LogP contribution in [0.2, 0.25) is 0 Å². The number of rotatable bonds is 5. The van der Waals surface area contributed by atoms with E-state index in [2.05, 4.69) is 10.3 Å². The van der Waals surface area contributed by atoms with Gasteiger partial charge in [0.25, 0.3) is 5.91 Å². The van der Waals surface area contributed by atoms with E-state index in [1.54, 1.807) is 48.5 Å². The first-order valence-electron chi connectivity index (χ1n) is 9.33. The Morgan fingerprint density at radius 1 is 1.13 bits per heavy atom. The summed E-state index contributed by atoms with van der Waals surface area (Å²) in [5.74, 6) is 0.286. The molecular weight excluding hydrogens is 402 g/mol. The molecule has 0 spiro atoms. The van der Waals surface area contributed by atoms with E-state index in [1.807, 2.05) is 17.5 Å². The van der Waals surface area contributed by atoms with Crippen molar-refractivity contribution in [2.24, 2.45) is 0 Å². The monoisotopic (exact) mass is 423 g/mol. The Balaban J connectivity index is 1.87. The molecule has 4 rings (SSSR count). The summed E-state index contributed by atoms with van der Waals surface area (Å²) in [7, 11) is 4.76.